The number of rotatable bonds is 5. The van der Waals surface area contributed by atoms with Gasteiger partial charge in [-0.1, -0.05) is 23.7 Å². The molecule has 0 unspecified atom stereocenters. The van der Waals surface area contributed by atoms with Crippen LogP contribution in [0.15, 0.2) is 48.5 Å². The third kappa shape index (κ3) is 4.79. The molecule has 120 valence electrons. The highest BCUT2D eigenvalue weighted by atomic mass is 35.5. The number of anilines is 2. The summed E-state index contributed by atoms with van der Waals surface area (Å²) >= 11 is 5.78. The van der Waals surface area contributed by atoms with E-state index in [1.54, 1.807) is 36.4 Å². The van der Waals surface area contributed by atoms with E-state index in [0.29, 0.717) is 10.7 Å². The molecule has 2 aromatic carbocycles. The summed E-state index contributed by atoms with van der Waals surface area (Å²) < 4.78 is 13.8. The summed E-state index contributed by atoms with van der Waals surface area (Å²) in [7, 11) is 0. The molecule has 2 aromatic rings. The summed E-state index contributed by atoms with van der Waals surface area (Å²) in [4.78, 5) is 24.9. The van der Waals surface area contributed by atoms with Crippen LogP contribution < -0.4 is 10.2 Å². The highest BCUT2D eigenvalue weighted by molar-refractivity contribution is 6.30. The van der Waals surface area contributed by atoms with Crippen molar-refractivity contribution in [2.75, 3.05) is 16.8 Å². The zero-order valence-electron chi connectivity index (χ0n) is 12.6. The molecule has 0 heterocycles. The Morgan fingerprint density at radius 2 is 1.78 bits per heavy atom. The molecule has 2 amide bonds. The fourth-order valence-electron chi connectivity index (χ4n) is 2.09. The molecule has 0 spiro atoms. The van der Waals surface area contributed by atoms with Crippen LogP contribution >= 0.6 is 11.6 Å². The number of hydrogen-bond donors (Lipinski definition) is 1. The number of nitrogens with zero attached hydrogens (tertiary/aromatic N) is 1. The molecular formula is C17H16ClFN2O2. The summed E-state index contributed by atoms with van der Waals surface area (Å²) in [6.45, 7) is 1.43. The SMILES string of the molecule is CC(=O)N(CCC(=O)Nc1ccc(Cl)cc1)c1ccccc1F. The van der Waals surface area contributed by atoms with Crippen molar-refractivity contribution in [1.82, 2.24) is 0 Å². The fraction of sp³-hybridized carbons (Fsp3) is 0.176. The largest absolute Gasteiger partial charge is 0.326 e. The van der Waals surface area contributed by atoms with Crippen molar-refractivity contribution < 1.29 is 14.0 Å². The molecular weight excluding hydrogens is 319 g/mol. The van der Waals surface area contributed by atoms with Crippen molar-refractivity contribution in [3.05, 3.63) is 59.4 Å². The summed E-state index contributed by atoms with van der Waals surface area (Å²) in [5, 5.41) is 3.27. The lowest BCUT2D eigenvalue weighted by atomic mass is 10.2. The number of carbonyl (C=O) groups excluding carboxylic acids is 2. The van der Waals surface area contributed by atoms with Gasteiger partial charge in [-0.15, -0.1) is 0 Å². The molecule has 23 heavy (non-hydrogen) atoms. The number of carbonyl (C=O) groups is 2. The molecule has 0 radical (unpaired) electrons. The van der Waals surface area contributed by atoms with Gasteiger partial charge in [0.05, 0.1) is 5.69 Å². The van der Waals surface area contributed by atoms with E-state index in [1.165, 1.54) is 24.0 Å². The number of nitrogens with one attached hydrogen (secondary N) is 1. The van der Waals surface area contributed by atoms with Gasteiger partial charge in [0.15, 0.2) is 0 Å². The normalized spacial score (nSPS) is 10.2. The summed E-state index contributed by atoms with van der Waals surface area (Å²) in [6.07, 6.45) is 0.0521. The molecule has 2 rings (SSSR count). The lowest BCUT2D eigenvalue weighted by molar-refractivity contribution is -0.117. The van der Waals surface area contributed by atoms with Crippen molar-refractivity contribution in [2.45, 2.75) is 13.3 Å². The van der Waals surface area contributed by atoms with Gasteiger partial charge in [-0.05, 0) is 36.4 Å². The standard InChI is InChI=1S/C17H16ClFN2O2/c1-12(22)21(16-5-3-2-4-15(16)19)11-10-17(23)20-14-8-6-13(18)7-9-14/h2-9H,10-11H2,1H3,(H,20,23). The van der Waals surface area contributed by atoms with Gasteiger partial charge in [-0.3, -0.25) is 9.59 Å². The van der Waals surface area contributed by atoms with Crippen LogP contribution in [0, 0.1) is 5.82 Å². The third-order valence-corrected chi connectivity index (χ3v) is 3.47. The summed E-state index contributed by atoms with van der Waals surface area (Å²) in [6, 6.07) is 12.7. The zero-order valence-corrected chi connectivity index (χ0v) is 13.3. The van der Waals surface area contributed by atoms with E-state index in [1.807, 2.05) is 0 Å². The van der Waals surface area contributed by atoms with Gasteiger partial charge in [-0.2, -0.15) is 0 Å². The second kappa shape index (κ2) is 7.74. The maximum absolute atomic E-state index is 13.8. The molecule has 0 saturated carbocycles. The zero-order chi connectivity index (χ0) is 16.8. The molecule has 0 fully saturated rings. The minimum absolute atomic E-state index is 0.0521. The van der Waals surface area contributed by atoms with Gasteiger partial charge in [0, 0.05) is 30.6 Å². The minimum atomic E-state index is -0.499. The van der Waals surface area contributed by atoms with Gasteiger partial charge in [-0.25, -0.2) is 4.39 Å². The maximum Gasteiger partial charge on any atom is 0.226 e. The van der Waals surface area contributed by atoms with Crippen molar-refractivity contribution in [2.24, 2.45) is 0 Å². The van der Waals surface area contributed by atoms with Crippen molar-refractivity contribution in [3.63, 3.8) is 0 Å². The van der Waals surface area contributed by atoms with Gasteiger partial charge in [0.25, 0.3) is 0 Å². The van der Waals surface area contributed by atoms with Gasteiger partial charge in [0.1, 0.15) is 5.82 Å². The first-order valence-electron chi connectivity index (χ1n) is 7.05. The molecule has 1 N–H and O–H groups in total. The Bertz CT molecular complexity index is 704. The van der Waals surface area contributed by atoms with E-state index in [2.05, 4.69) is 5.32 Å². The van der Waals surface area contributed by atoms with Crippen molar-refractivity contribution >= 4 is 34.8 Å². The fourth-order valence-corrected chi connectivity index (χ4v) is 2.21. The Balaban J connectivity index is 1.99. The van der Waals surface area contributed by atoms with E-state index in [9.17, 15) is 14.0 Å². The monoisotopic (exact) mass is 334 g/mol. The van der Waals surface area contributed by atoms with E-state index in [0.717, 1.165) is 0 Å². The second-order valence-electron chi connectivity index (χ2n) is 4.93. The van der Waals surface area contributed by atoms with Gasteiger partial charge < -0.3 is 10.2 Å². The number of halogens is 2. The summed E-state index contributed by atoms with van der Waals surface area (Å²) in [5.74, 6) is -1.09. The molecule has 0 aliphatic rings. The highest BCUT2D eigenvalue weighted by Crippen LogP contribution is 2.19. The van der Waals surface area contributed by atoms with E-state index < -0.39 is 5.82 Å². The summed E-state index contributed by atoms with van der Waals surface area (Å²) in [5.41, 5.74) is 0.777. The van der Waals surface area contributed by atoms with Crippen LogP contribution in [0.25, 0.3) is 0 Å². The topological polar surface area (TPSA) is 49.4 Å². The molecule has 0 aromatic heterocycles. The second-order valence-corrected chi connectivity index (χ2v) is 5.36. The molecule has 0 atom stereocenters. The molecule has 0 aliphatic carbocycles. The molecule has 0 saturated heterocycles. The Morgan fingerprint density at radius 1 is 1.13 bits per heavy atom. The lowest BCUT2D eigenvalue weighted by Crippen LogP contribution is -2.32. The lowest BCUT2D eigenvalue weighted by Gasteiger charge is -2.21. The Labute approximate surface area is 138 Å². The number of amides is 2. The van der Waals surface area contributed by atoms with Crippen LogP contribution in [0.2, 0.25) is 5.02 Å². The first kappa shape index (κ1) is 17.0. The average molecular weight is 335 g/mol. The predicted octanol–water partition coefficient (Wildman–Crippen LogP) is 3.86. The van der Waals surface area contributed by atoms with Gasteiger partial charge >= 0.3 is 0 Å². The third-order valence-electron chi connectivity index (χ3n) is 3.21. The first-order valence-corrected chi connectivity index (χ1v) is 7.43. The minimum Gasteiger partial charge on any atom is -0.326 e. The van der Waals surface area contributed by atoms with Crippen LogP contribution in [0.4, 0.5) is 15.8 Å². The van der Waals surface area contributed by atoms with Crippen LogP contribution in [0.5, 0.6) is 0 Å². The van der Waals surface area contributed by atoms with Gasteiger partial charge in [0.2, 0.25) is 11.8 Å². The van der Waals surface area contributed by atoms with Crippen molar-refractivity contribution in [1.29, 1.82) is 0 Å². The predicted molar refractivity (Wildman–Crippen MR) is 89.1 cm³/mol. The average Bonchev–Trinajstić information content (AvgIpc) is 2.51. The van der Waals surface area contributed by atoms with E-state index >= 15 is 0 Å². The quantitative estimate of drug-likeness (QED) is 0.902. The van der Waals surface area contributed by atoms with Crippen LogP contribution in [0.3, 0.4) is 0 Å². The Hall–Kier alpha value is -2.40. The molecule has 0 bridgehead atoms. The Morgan fingerprint density at radius 3 is 2.39 bits per heavy atom. The van der Waals surface area contributed by atoms with Crippen LogP contribution in [-0.2, 0) is 9.59 Å². The van der Waals surface area contributed by atoms with Crippen LogP contribution in [-0.4, -0.2) is 18.4 Å². The maximum atomic E-state index is 13.8. The number of hydrogen-bond acceptors (Lipinski definition) is 2. The molecule has 6 heteroatoms. The Kier molecular flexibility index (Phi) is 5.71. The first-order chi connectivity index (χ1) is 11.0. The van der Waals surface area contributed by atoms with E-state index in [-0.39, 0.29) is 30.5 Å². The highest BCUT2D eigenvalue weighted by Gasteiger charge is 2.16. The van der Waals surface area contributed by atoms with Crippen LogP contribution in [0.1, 0.15) is 13.3 Å². The van der Waals surface area contributed by atoms with Crippen molar-refractivity contribution in [3.8, 4) is 0 Å². The van der Waals surface area contributed by atoms with E-state index in [4.69, 9.17) is 11.6 Å². The number of benzene rings is 2. The molecule has 4 nitrogen and oxygen atoms in total. The molecule has 0 aliphatic heterocycles. The number of para-hydroxylation sites is 1. The smallest absolute Gasteiger partial charge is 0.226 e.